The summed E-state index contributed by atoms with van der Waals surface area (Å²) in [6.07, 6.45) is 3.51. The van der Waals surface area contributed by atoms with Crippen LogP contribution in [0, 0.1) is 0 Å². The van der Waals surface area contributed by atoms with Crippen LogP contribution in [0.15, 0.2) is 12.1 Å². The Kier molecular flexibility index (Phi) is 3.74. The highest BCUT2D eigenvalue weighted by molar-refractivity contribution is 6.39. The lowest BCUT2D eigenvalue weighted by molar-refractivity contribution is 0.628. The van der Waals surface area contributed by atoms with Gasteiger partial charge >= 0.3 is 0 Å². The average molecular weight is 273 g/mol. The normalized spacial score (nSPS) is 24.4. The van der Waals surface area contributed by atoms with Gasteiger partial charge in [-0.2, -0.15) is 0 Å². The van der Waals surface area contributed by atoms with Crippen LogP contribution in [0.3, 0.4) is 0 Å². The zero-order valence-corrected chi connectivity index (χ0v) is 11.7. The highest BCUT2D eigenvalue weighted by Crippen LogP contribution is 2.42. The molecule has 1 aromatic carbocycles. The van der Waals surface area contributed by atoms with Crippen molar-refractivity contribution in [1.29, 1.82) is 0 Å². The maximum Gasteiger partial charge on any atom is 0.0751 e. The van der Waals surface area contributed by atoms with Crippen molar-refractivity contribution in [2.24, 2.45) is 0 Å². The third-order valence-electron chi connectivity index (χ3n) is 3.55. The van der Waals surface area contributed by atoms with E-state index in [9.17, 15) is 0 Å². The molecule has 1 aliphatic rings. The molecule has 1 aliphatic heterocycles. The molecule has 2 nitrogen and oxygen atoms in total. The molecule has 1 fully saturated rings. The van der Waals surface area contributed by atoms with Gasteiger partial charge in [-0.15, -0.1) is 0 Å². The number of benzene rings is 1. The lowest BCUT2D eigenvalue weighted by Gasteiger charge is -2.32. The highest BCUT2D eigenvalue weighted by Gasteiger charge is 2.32. The fraction of sp³-hybridized carbons (Fsp3) is 0.538. The minimum absolute atomic E-state index is 0.485. The highest BCUT2D eigenvalue weighted by atomic mass is 35.5. The van der Waals surface area contributed by atoms with Crippen molar-refractivity contribution < 1.29 is 0 Å². The number of anilines is 2. The van der Waals surface area contributed by atoms with Crippen molar-refractivity contribution in [2.45, 2.75) is 45.2 Å². The molecule has 94 valence electrons. The van der Waals surface area contributed by atoms with Crippen molar-refractivity contribution in [3.8, 4) is 0 Å². The molecular formula is C13H18Cl2N2. The summed E-state index contributed by atoms with van der Waals surface area (Å²) in [5, 5.41) is 1.31. The minimum Gasteiger partial charge on any atom is -0.399 e. The summed E-state index contributed by atoms with van der Waals surface area (Å²) >= 11 is 12.6. The van der Waals surface area contributed by atoms with Gasteiger partial charge in [0.1, 0.15) is 0 Å². The maximum absolute atomic E-state index is 6.30. The molecule has 1 saturated heterocycles. The molecule has 0 saturated carbocycles. The fourth-order valence-electron chi connectivity index (χ4n) is 2.71. The van der Waals surface area contributed by atoms with Crippen molar-refractivity contribution in [3.63, 3.8) is 0 Å². The Balaban J connectivity index is 2.45. The summed E-state index contributed by atoms with van der Waals surface area (Å²) in [4.78, 5) is 2.35. The van der Waals surface area contributed by atoms with Crippen LogP contribution < -0.4 is 10.6 Å². The second-order valence-corrected chi connectivity index (χ2v) is 5.54. The van der Waals surface area contributed by atoms with Gasteiger partial charge in [0.05, 0.1) is 15.7 Å². The zero-order valence-electron chi connectivity index (χ0n) is 10.2. The van der Waals surface area contributed by atoms with Crippen LogP contribution >= 0.6 is 23.2 Å². The van der Waals surface area contributed by atoms with Gasteiger partial charge in [0, 0.05) is 17.8 Å². The average Bonchev–Trinajstić information content (AvgIpc) is 2.59. The molecule has 0 aliphatic carbocycles. The number of hydrogen-bond acceptors (Lipinski definition) is 2. The number of halogens is 2. The van der Waals surface area contributed by atoms with Gasteiger partial charge in [-0.1, -0.05) is 30.1 Å². The molecule has 2 rings (SSSR count). The first-order valence-electron chi connectivity index (χ1n) is 6.07. The van der Waals surface area contributed by atoms with Crippen LogP contribution in [0.4, 0.5) is 11.4 Å². The minimum atomic E-state index is 0.485. The topological polar surface area (TPSA) is 29.3 Å². The SMILES string of the molecule is CCC1CCC(C)N1c1c(Cl)cc(N)cc1Cl. The Bertz CT molecular complexity index is 397. The molecule has 2 unspecified atom stereocenters. The van der Waals surface area contributed by atoms with Crippen molar-refractivity contribution >= 4 is 34.6 Å². The number of hydrogen-bond donors (Lipinski definition) is 1. The van der Waals surface area contributed by atoms with E-state index in [1.54, 1.807) is 12.1 Å². The molecule has 0 bridgehead atoms. The molecule has 17 heavy (non-hydrogen) atoms. The van der Waals surface area contributed by atoms with E-state index in [1.165, 1.54) is 12.8 Å². The predicted octanol–water partition coefficient (Wildman–Crippen LogP) is 4.34. The van der Waals surface area contributed by atoms with Gasteiger partial charge in [0.15, 0.2) is 0 Å². The summed E-state index contributed by atoms with van der Waals surface area (Å²) < 4.78 is 0. The van der Waals surface area contributed by atoms with Crippen molar-refractivity contribution in [3.05, 3.63) is 22.2 Å². The van der Waals surface area contributed by atoms with E-state index < -0.39 is 0 Å². The van der Waals surface area contributed by atoms with E-state index in [4.69, 9.17) is 28.9 Å². The second-order valence-electron chi connectivity index (χ2n) is 4.73. The summed E-state index contributed by atoms with van der Waals surface area (Å²) in [6, 6.07) is 4.57. The van der Waals surface area contributed by atoms with Crippen LogP contribution in [0.5, 0.6) is 0 Å². The van der Waals surface area contributed by atoms with E-state index >= 15 is 0 Å². The van der Waals surface area contributed by atoms with Crippen LogP contribution in [-0.2, 0) is 0 Å². The van der Waals surface area contributed by atoms with E-state index in [0.717, 1.165) is 12.1 Å². The Morgan fingerprint density at radius 3 is 2.41 bits per heavy atom. The molecule has 0 aromatic heterocycles. The Hall–Kier alpha value is -0.600. The predicted molar refractivity (Wildman–Crippen MR) is 76.1 cm³/mol. The first-order valence-corrected chi connectivity index (χ1v) is 6.83. The van der Waals surface area contributed by atoms with E-state index in [0.29, 0.717) is 27.8 Å². The third kappa shape index (κ3) is 2.34. The van der Waals surface area contributed by atoms with Gasteiger partial charge in [0.25, 0.3) is 0 Å². The Morgan fingerprint density at radius 1 is 1.29 bits per heavy atom. The fourth-order valence-corrected chi connectivity index (χ4v) is 3.41. The van der Waals surface area contributed by atoms with Crippen LogP contribution in [0.2, 0.25) is 10.0 Å². The number of rotatable bonds is 2. The monoisotopic (exact) mass is 272 g/mol. The summed E-state index contributed by atoms with van der Waals surface area (Å²) in [6.45, 7) is 4.42. The summed E-state index contributed by atoms with van der Waals surface area (Å²) in [7, 11) is 0. The number of nitrogens with zero attached hydrogens (tertiary/aromatic N) is 1. The standard InChI is InChI=1S/C13H18Cl2N2/c1-3-10-5-4-8(2)17(10)13-11(14)6-9(16)7-12(13)15/h6-8,10H,3-5,16H2,1-2H3. The Morgan fingerprint density at radius 2 is 1.88 bits per heavy atom. The van der Waals surface area contributed by atoms with Crippen LogP contribution in [0.25, 0.3) is 0 Å². The molecule has 2 N–H and O–H groups in total. The molecule has 0 spiro atoms. The largest absolute Gasteiger partial charge is 0.399 e. The summed E-state index contributed by atoms with van der Waals surface area (Å²) in [5.74, 6) is 0. The lowest BCUT2D eigenvalue weighted by Crippen LogP contribution is -2.34. The smallest absolute Gasteiger partial charge is 0.0751 e. The molecule has 0 amide bonds. The molecule has 1 heterocycles. The lowest BCUT2D eigenvalue weighted by atomic mass is 10.1. The van der Waals surface area contributed by atoms with Gasteiger partial charge in [0.2, 0.25) is 0 Å². The van der Waals surface area contributed by atoms with Gasteiger partial charge in [-0.3, -0.25) is 0 Å². The van der Waals surface area contributed by atoms with E-state index in [1.807, 2.05) is 0 Å². The maximum atomic E-state index is 6.30. The van der Waals surface area contributed by atoms with Crippen molar-refractivity contribution in [1.82, 2.24) is 0 Å². The Labute approximate surface area is 113 Å². The second kappa shape index (κ2) is 4.95. The van der Waals surface area contributed by atoms with Crippen LogP contribution in [-0.4, -0.2) is 12.1 Å². The van der Waals surface area contributed by atoms with Crippen LogP contribution in [0.1, 0.15) is 33.1 Å². The summed E-state index contributed by atoms with van der Waals surface area (Å²) in [5.41, 5.74) is 7.30. The third-order valence-corrected chi connectivity index (χ3v) is 4.13. The van der Waals surface area contributed by atoms with Crippen molar-refractivity contribution in [2.75, 3.05) is 10.6 Å². The van der Waals surface area contributed by atoms with Gasteiger partial charge in [-0.05, 0) is 38.3 Å². The quantitative estimate of drug-likeness (QED) is 0.812. The zero-order chi connectivity index (χ0) is 12.6. The molecular weight excluding hydrogens is 255 g/mol. The number of nitrogens with two attached hydrogens (primary N) is 1. The first-order chi connectivity index (χ1) is 8.04. The van der Waals surface area contributed by atoms with Gasteiger partial charge < -0.3 is 10.6 Å². The van der Waals surface area contributed by atoms with E-state index in [-0.39, 0.29) is 0 Å². The molecule has 0 radical (unpaired) electrons. The van der Waals surface area contributed by atoms with E-state index in [2.05, 4.69) is 18.7 Å². The first kappa shape index (κ1) is 12.8. The van der Waals surface area contributed by atoms with Gasteiger partial charge in [-0.25, -0.2) is 0 Å². The number of nitrogen functional groups attached to an aromatic ring is 1. The molecule has 1 aromatic rings. The molecule has 4 heteroatoms. The molecule has 2 atom stereocenters.